The van der Waals surface area contributed by atoms with Gasteiger partial charge in [0.25, 0.3) is 0 Å². The van der Waals surface area contributed by atoms with Crippen LogP contribution in [-0.2, 0) is 11.3 Å². The minimum Gasteiger partial charge on any atom is -0.383 e. The van der Waals surface area contributed by atoms with Gasteiger partial charge in [0, 0.05) is 7.11 Å². The molecule has 2 heterocycles. The van der Waals surface area contributed by atoms with Gasteiger partial charge in [-0.05, 0) is 12.8 Å². The molecule has 1 aliphatic carbocycles. The summed E-state index contributed by atoms with van der Waals surface area (Å²) in [5.74, 6) is 0.583. The van der Waals surface area contributed by atoms with Crippen molar-refractivity contribution in [2.24, 2.45) is 0 Å². The average Bonchev–Trinajstić information content (AvgIpc) is 2.94. The van der Waals surface area contributed by atoms with E-state index in [1.807, 2.05) is 4.68 Å². The Bertz CT molecular complexity index is 538. The Labute approximate surface area is 105 Å². The van der Waals surface area contributed by atoms with Gasteiger partial charge in [0.15, 0.2) is 5.65 Å². The van der Waals surface area contributed by atoms with Gasteiger partial charge in [-0.1, -0.05) is 19.3 Å². The molecule has 1 aliphatic rings. The zero-order valence-electron chi connectivity index (χ0n) is 10.6. The van der Waals surface area contributed by atoms with Crippen molar-refractivity contribution in [3.05, 3.63) is 5.69 Å². The highest BCUT2D eigenvalue weighted by Crippen LogP contribution is 2.32. The predicted octanol–water partition coefficient (Wildman–Crippen LogP) is 1.99. The number of nitrogens with two attached hydrogens (primary N) is 1. The second-order valence-corrected chi connectivity index (χ2v) is 4.95. The number of nitrogens with one attached hydrogen (secondary N) is 1. The molecule has 0 bridgehead atoms. The third-order valence-electron chi connectivity index (χ3n) is 3.71. The molecule has 1 fully saturated rings. The molecule has 0 radical (unpaired) electrons. The van der Waals surface area contributed by atoms with Crippen LogP contribution in [0, 0.1) is 0 Å². The number of anilines is 1. The van der Waals surface area contributed by atoms with Crippen LogP contribution in [0.15, 0.2) is 0 Å². The molecule has 1 saturated carbocycles. The summed E-state index contributed by atoms with van der Waals surface area (Å²) < 4.78 is 7.23. The second-order valence-electron chi connectivity index (χ2n) is 4.95. The lowest BCUT2D eigenvalue weighted by atomic mass is 9.96. The summed E-state index contributed by atoms with van der Waals surface area (Å²) in [4.78, 5) is 0. The Morgan fingerprint density at radius 2 is 2.17 bits per heavy atom. The summed E-state index contributed by atoms with van der Waals surface area (Å²) in [7, 11) is 1.67. The van der Waals surface area contributed by atoms with Gasteiger partial charge in [-0.2, -0.15) is 10.2 Å². The van der Waals surface area contributed by atoms with Gasteiger partial charge in [0.05, 0.1) is 18.0 Å². The van der Waals surface area contributed by atoms with Crippen LogP contribution in [0.2, 0.25) is 0 Å². The number of hydrogen-bond donors (Lipinski definition) is 2. The molecule has 6 nitrogen and oxygen atoms in total. The highest BCUT2D eigenvalue weighted by Gasteiger charge is 2.23. The second kappa shape index (κ2) is 4.61. The number of methoxy groups -OCH3 is 1. The molecule has 6 heteroatoms. The van der Waals surface area contributed by atoms with E-state index >= 15 is 0 Å². The summed E-state index contributed by atoms with van der Waals surface area (Å²) in [5, 5.41) is 12.7. The number of aromatic nitrogens is 4. The number of nitrogen functional groups attached to an aromatic ring is 1. The number of fused-ring (bicyclic) bond motifs is 1. The molecule has 0 aromatic carbocycles. The quantitative estimate of drug-likeness (QED) is 0.871. The average molecular weight is 249 g/mol. The first-order valence-corrected chi connectivity index (χ1v) is 6.51. The first-order chi connectivity index (χ1) is 8.81. The predicted molar refractivity (Wildman–Crippen MR) is 69.1 cm³/mol. The Morgan fingerprint density at radius 1 is 1.39 bits per heavy atom. The zero-order valence-corrected chi connectivity index (χ0v) is 10.6. The van der Waals surface area contributed by atoms with E-state index in [-0.39, 0.29) is 0 Å². The van der Waals surface area contributed by atoms with Crippen LogP contribution in [0.3, 0.4) is 0 Å². The van der Waals surface area contributed by atoms with Crippen molar-refractivity contribution in [3.8, 4) is 0 Å². The van der Waals surface area contributed by atoms with Gasteiger partial charge in [-0.25, -0.2) is 4.68 Å². The third-order valence-corrected chi connectivity index (χ3v) is 3.71. The van der Waals surface area contributed by atoms with Gasteiger partial charge in [-0.15, -0.1) is 0 Å². The molecule has 3 rings (SSSR count). The maximum absolute atomic E-state index is 5.92. The molecule has 0 amide bonds. The molecule has 0 spiro atoms. The van der Waals surface area contributed by atoms with Crippen LogP contribution >= 0.6 is 0 Å². The summed E-state index contributed by atoms with van der Waals surface area (Å²) in [5.41, 5.74) is 7.67. The largest absolute Gasteiger partial charge is 0.383 e. The van der Waals surface area contributed by atoms with E-state index in [4.69, 9.17) is 10.5 Å². The fourth-order valence-electron chi connectivity index (χ4n) is 2.84. The minimum absolute atomic E-state index is 0.453. The van der Waals surface area contributed by atoms with E-state index in [1.54, 1.807) is 7.11 Å². The SMILES string of the molecule is COCc1nn(C2CCCCC2)c2n[nH]c(N)c12. The molecule has 0 saturated heterocycles. The van der Waals surface area contributed by atoms with E-state index in [9.17, 15) is 0 Å². The van der Waals surface area contributed by atoms with Crippen LogP contribution in [0.5, 0.6) is 0 Å². The Hall–Kier alpha value is -1.56. The normalized spacial score (nSPS) is 17.6. The molecule has 98 valence electrons. The smallest absolute Gasteiger partial charge is 0.182 e. The van der Waals surface area contributed by atoms with Gasteiger partial charge < -0.3 is 10.5 Å². The fourth-order valence-corrected chi connectivity index (χ4v) is 2.84. The topological polar surface area (TPSA) is 81.8 Å². The van der Waals surface area contributed by atoms with Crippen LogP contribution in [0.4, 0.5) is 5.82 Å². The Morgan fingerprint density at radius 3 is 2.89 bits per heavy atom. The van der Waals surface area contributed by atoms with E-state index in [0.717, 1.165) is 16.7 Å². The standard InChI is InChI=1S/C12H19N5O/c1-18-7-9-10-11(13)14-15-12(10)17(16-9)8-5-3-2-4-6-8/h8H,2-7H2,1H3,(H3,13,14,15). The van der Waals surface area contributed by atoms with Crippen molar-refractivity contribution >= 4 is 16.9 Å². The lowest BCUT2D eigenvalue weighted by Gasteiger charge is -2.21. The summed E-state index contributed by atoms with van der Waals surface area (Å²) in [6.07, 6.45) is 6.22. The van der Waals surface area contributed by atoms with Crippen LogP contribution in [0.1, 0.15) is 43.8 Å². The fraction of sp³-hybridized carbons (Fsp3) is 0.667. The first-order valence-electron chi connectivity index (χ1n) is 6.51. The van der Waals surface area contributed by atoms with Crippen molar-refractivity contribution in [1.29, 1.82) is 0 Å². The monoisotopic (exact) mass is 249 g/mol. The van der Waals surface area contributed by atoms with Crippen molar-refractivity contribution in [2.45, 2.75) is 44.8 Å². The van der Waals surface area contributed by atoms with Crippen LogP contribution < -0.4 is 5.73 Å². The van der Waals surface area contributed by atoms with Crippen LogP contribution in [-0.4, -0.2) is 27.1 Å². The summed E-state index contributed by atoms with van der Waals surface area (Å²) >= 11 is 0. The third kappa shape index (κ3) is 1.77. The number of aromatic amines is 1. The van der Waals surface area contributed by atoms with Crippen molar-refractivity contribution in [3.63, 3.8) is 0 Å². The molecule has 2 aromatic heterocycles. The van der Waals surface area contributed by atoms with Gasteiger partial charge in [0.2, 0.25) is 0 Å². The van der Waals surface area contributed by atoms with E-state index in [1.165, 1.54) is 32.1 Å². The van der Waals surface area contributed by atoms with Crippen molar-refractivity contribution in [1.82, 2.24) is 20.0 Å². The van der Waals surface area contributed by atoms with Crippen LogP contribution in [0.25, 0.3) is 11.0 Å². The van der Waals surface area contributed by atoms with Gasteiger partial charge in [-0.3, -0.25) is 5.10 Å². The van der Waals surface area contributed by atoms with Gasteiger partial charge in [0.1, 0.15) is 11.5 Å². The zero-order chi connectivity index (χ0) is 12.5. The molecule has 2 aromatic rings. The number of hydrogen-bond acceptors (Lipinski definition) is 4. The molecule has 0 aliphatic heterocycles. The summed E-state index contributed by atoms with van der Waals surface area (Å²) in [6, 6.07) is 0.453. The number of ether oxygens (including phenoxy) is 1. The lowest BCUT2D eigenvalue weighted by molar-refractivity contribution is 0.180. The highest BCUT2D eigenvalue weighted by molar-refractivity contribution is 5.88. The van der Waals surface area contributed by atoms with E-state index in [2.05, 4.69) is 15.3 Å². The number of H-pyrrole nitrogens is 1. The Balaban J connectivity index is 2.05. The van der Waals surface area contributed by atoms with E-state index in [0.29, 0.717) is 18.5 Å². The maximum Gasteiger partial charge on any atom is 0.182 e. The minimum atomic E-state index is 0.453. The molecule has 0 unspecified atom stereocenters. The van der Waals surface area contributed by atoms with Gasteiger partial charge >= 0.3 is 0 Å². The van der Waals surface area contributed by atoms with E-state index < -0.39 is 0 Å². The number of rotatable bonds is 3. The Kier molecular flexibility index (Phi) is 2.95. The number of nitrogens with zero attached hydrogens (tertiary/aromatic N) is 3. The van der Waals surface area contributed by atoms with Crippen molar-refractivity contribution < 1.29 is 4.74 Å². The summed E-state index contributed by atoms with van der Waals surface area (Å²) in [6.45, 7) is 0.472. The molecular formula is C12H19N5O. The molecule has 0 atom stereocenters. The first kappa shape index (κ1) is 11.5. The molecule has 3 N–H and O–H groups in total. The molecule has 18 heavy (non-hydrogen) atoms. The maximum atomic E-state index is 5.92. The highest BCUT2D eigenvalue weighted by atomic mass is 16.5. The molecular weight excluding hydrogens is 230 g/mol. The lowest BCUT2D eigenvalue weighted by Crippen LogP contribution is -2.14. The van der Waals surface area contributed by atoms with Crippen molar-refractivity contribution in [2.75, 3.05) is 12.8 Å².